The molecule has 27 heavy (non-hydrogen) atoms. The van der Waals surface area contributed by atoms with Crippen LogP contribution in [-0.2, 0) is 6.42 Å². The number of nitrogens with one attached hydrogen (secondary N) is 1. The van der Waals surface area contributed by atoms with E-state index in [-0.39, 0.29) is 5.88 Å². The van der Waals surface area contributed by atoms with Crippen molar-refractivity contribution in [1.29, 1.82) is 0 Å². The number of nitrogens with zero attached hydrogens (tertiary/aromatic N) is 3. The molecule has 5 nitrogen and oxygen atoms in total. The molecule has 5 heteroatoms. The van der Waals surface area contributed by atoms with Gasteiger partial charge in [0.1, 0.15) is 0 Å². The van der Waals surface area contributed by atoms with Gasteiger partial charge < -0.3 is 10.1 Å². The van der Waals surface area contributed by atoms with Crippen LogP contribution in [0.1, 0.15) is 16.8 Å². The lowest BCUT2D eigenvalue weighted by molar-refractivity contribution is 0.426. The summed E-state index contributed by atoms with van der Waals surface area (Å²) in [6.07, 6.45) is 0.614. The molecule has 132 valence electrons. The molecule has 2 N–H and O–H groups in total. The van der Waals surface area contributed by atoms with Crippen LogP contribution in [0.25, 0.3) is 27.8 Å². The van der Waals surface area contributed by atoms with Gasteiger partial charge in [-0.2, -0.15) is 9.78 Å². The minimum atomic E-state index is 0.125. The fraction of sp³-hybridized carbons (Fsp3) is 0.0909. The molecule has 0 unspecified atom stereocenters. The number of aromatic amines is 1. The van der Waals surface area contributed by atoms with E-state index in [1.807, 2.05) is 43.3 Å². The zero-order valence-corrected chi connectivity index (χ0v) is 14.8. The molecule has 0 aliphatic carbocycles. The van der Waals surface area contributed by atoms with Gasteiger partial charge in [-0.05, 0) is 35.4 Å². The molecule has 2 aromatic heterocycles. The molecule has 0 saturated heterocycles. The smallest absolute Gasteiger partial charge is 0.232 e. The molecular formula is C22H18N4O. The Morgan fingerprint density at radius 3 is 2.59 bits per heavy atom. The highest BCUT2D eigenvalue weighted by atomic mass is 16.3. The largest absolute Gasteiger partial charge is 0.493 e. The van der Waals surface area contributed by atoms with Crippen LogP contribution in [0.15, 0.2) is 66.7 Å². The number of H-pyrrole nitrogens is 1. The second-order valence-corrected chi connectivity index (χ2v) is 6.74. The summed E-state index contributed by atoms with van der Waals surface area (Å²) in [5.74, 6) is 0.640. The number of rotatable bonds is 3. The number of benzene rings is 3. The summed E-state index contributed by atoms with van der Waals surface area (Å²) in [7, 11) is 0. The minimum absolute atomic E-state index is 0.125. The predicted octanol–water partition coefficient (Wildman–Crippen LogP) is 4.51. The Morgan fingerprint density at radius 1 is 0.963 bits per heavy atom. The Balaban J connectivity index is 1.54. The monoisotopic (exact) mass is 354 g/mol. The van der Waals surface area contributed by atoms with Crippen molar-refractivity contribution in [3.63, 3.8) is 0 Å². The van der Waals surface area contributed by atoms with Crippen molar-refractivity contribution < 1.29 is 5.11 Å². The quantitative estimate of drug-likeness (QED) is 0.501. The highest BCUT2D eigenvalue weighted by molar-refractivity contribution is 5.83. The number of hydrogen-bond donors (Lipinski definition) is 2. The summed E-state index contributed by atoms with van der Waals surface area (Å²) < 4.78 is 1.48. The summed E-state index contributed by atoms with van der Waals surface area (Å²) >= 11 is 0. The number of imidazole rings is 1. The van der Waals surface area contributed by atoms with Crippen LogP contribution in [0.5, 0.6) is 5.88 Å². The first kappa shape index (κ1) is 15.6. The number of aromatic nitrogens is 4. The Hall–Kier alpha value is -3.60. The zero-order valence-electron chi connectivity index (χ0n) is 14.8. The van der Waals surface area contributed by atoms with Crippen LogP contribution in [0.4, 0.5) is 0 Å². The van der Waals surface area contributed by atoms with E-state index in [2.05, 4.69) is 45.4 Å². The number of hydrogen-bond acceptors (Lipinski definition) is 3. The van der Waals surface area contributed by atoms with Crippen molar-refractivity contribution in [2.24, 2.45) is 0 Å². The molecule has 5 rings (SSSR count). The molecule has 2 heterocycles. The van der Waals surface area contributed by atoms with Crippen LogP contribution < -0.4 is 0 Å². The van der Waals surface area contributed by atoms with Gasteiger partial charge >= 0.3 is 0 Å². The lowest BCUT2D eigenvalue weighted by Crippen LogP contribution is -1.98. The van der Waals surface area contributed by atoms with Gasteiger partial charge in [0.2, 0.25) is 11.8 Å². The number of para-hydroxylation sites is 2. The van der Waals surface area contributed by atoms with Gasteiger partial charge in [0.15, 0.2) is 0 Å². The molecule has 0 bridgehead atoms. The van der Waals surface area contributed by atoms with E-state index in [9.17, 15) is 5.11 Å². The SMILES string of the molecule is Cc1nn(-c2nc3ccccc3[nH]2)c(O)c1Cc1ccc2ccccc2c1. The molecular weight excluding hydrogens is 336 g/mol. The van der Waals surface area contributed by atoms with Gasteiger partial charge in [-0.3, -0.25) is 0 Å². The first-order chi connectivity index (χ1) is 13.2. The first-order valence-electron chi connectivity index (χ1n) is 8.89. The van der Waals surface area contributed by atoms with Crippen molar-refractivity contribution in [2.45, 2.75) is 13.3 Å². The van der Waals surface area contributed by atoms with E-state index >= 15 is 0 Å². The highest BCUT2D eigenvalue weighted by Gasteiger charge is 2.18. The van der Waals surface area contributed by atoms with Crippen molar-refractivity contribution in [1.82, 2.24) is 19.7 Å². The summed E-state index contributed by atoms with van der Waals surface area (Å²) in [4.78, 5) is 7.74. The van der Waals surface area contributed by atoms with Gasteiger partial charge in [-0.15, -0.1) is 0 Å². The summed E-state index contributed by atoms with van der Waals surface area (Å²) in [5, 5.41) is 17.7. The van der Waals surface area contributed by atoms with E-state index < -0.39 is 0 Å². The van der Waals surface area contributed by atoms with Crippen LogP contribution in [0.3, 0.4) is 0 Å². The summed E-state index contributed by atoms with van der Waals surface area (Å²) in [6, 6.07) is 22.4. The third kappa shape index (κ3) is 2.64. The third-order valence-electron chi connectivity index (χ3n) is 4.93. The average molecular weight is 354 g/mol. The van der Waals surface area contributed by atoms with Crippen molar-refractivity contribution >= 4 is 21.8 Å². The normalized spacial score (nSPS) is 11.4. The van der Waals surface area contributed by atoms with Gasteiger partial charge in [0.05, 0.1) is 16.7 Å². The molecule has 0 fully saturated rings. The van der Waals surface area contributed by atoms with Crippen LogP contribution in [-0.4, -0.2) is 24.9 Å². The van der Waals surface area contributed by atoms with Gasteiger partial charge in [-0.1, -0.05) is 54.6 Å². The van der Waals surface area contributed by atoms with E-state index in [1.165, 1.54) is 15.5 Å². The predicted molar refractivity (Wildman–Crippen MR) is 106 cm³/mol. The highest BCUT2D eigenvalue weighted by Crippen LogP contribution is 2.28. The van der Waals surface area contributed by atoms with Crippen molar-refractivity contribution in [3.05, 3.63) is 83.6 Å². The van der Waals surface area contributed by atoms with Crippen LogP contribution >= 0.6 is 0 Å². The van der Waals surface area contributed by atoms with Gasteiger partial charge in [0.25, 0.3) is 0 Å². The van der Waals surface area contributed by atoms with E-state index in [4.69, 9.17) is 0 Å². The van der Waals surface area contributed by atoms with E-state index in [0.29, 0.717) is 12.4 Å². The minimum Gasteiger partial charge on any atom is -0.493 e. The van der Waals surface area contributed by atoms with Crippen molar-refractivity contribution in [2.75, 3.05) is 0 Å². The Kier molecular flexibility index (Phi) is 3.47. The van der Waals surface area contributed by atoms with E-state index in [0.717, 1.165) is 27.9 Å². The van der Waals surface area contributed by atoms with E-state index in [1.54, 1.807) is 0 Å². The Morgan fingerprint density at radius 2 is 1.74 bits per heavy atom. The van der Waals surface area contributed by atoms with Crippen LogP contribution in [0, 0.1) is 6.92 Å². The number of aromatic hydroxyl groups is 1. The van der Waals surface area contributed by atoms with Crippen LogP contribution in [0.2, 0.25) is 0 Å². The summed E-state index contributed by atoms with van der Waals surface area (Å²) in [5.41, 5.74) is 4.50. The molecule has 0 spiro atoms. The maximum atomic E-state index is 10.8. The topological polar surface area (TPSA) is 66.7 Å². The molecule has 0 radical (unpaired) electrons. The second-order valence-electron chi connectivity index (χ2n) is 6.74. The fourth-order valence-electron chi connectivity index (χ4n) is 3.49. The third-order valence-corrected chi connectivity index (χ3v) is 4.93. The maximum Gasteiger partial charge on any atom is 0.232 e. The molecule has 0 aliphatic heterocycles. The van der Waals surface area contributed by atoms with Crippen molar-refractivity contribution in [3.8, 4) is 11.8 Å². The lowest BCUT2D eigenvalue weighted by atomic mass is 10.0. The van der Waals surface area contributed by atoms with Gasteiger partial charge in [-0.25, -0.2) is 4.98 Å². The Labute approximate surface area is 155 Å². The first-order valence-corrected chi connectivity index (χ1v) is 8.89. The Bertz CT molecular complexity index is 1250. The molecule has 0 aliphatic rings. The molecule has 5 aromatic rings. The second kappa shape index (κ2) is 5.99. The standard InChI is InChI=1S/C22H18N4O/c1-14-18(13-15-10-11-16-6-2-3-7-17(16)12-15)21(27)26(25-14)22-23-19-8-4-5-9-20(19)24-22/h2-12,27H,13H2,1H3,(H,23,24). The molecule has 0 atom stereocenters. The zero-order chi connectivity index (χ0) is 18.4. The number of fused-ring (bicyclic) bond motifs is 2. The van der Waals surface area contributed by atoms with Gasteiger partial charge in [0, 0.05) is 12.0 Å². The lowest BCUT2D eigenvalue weighted by Gasteiger charge is -2.04. The number of aryl methyl sites for hydroxylation is 1. The average Bonchev–Trinajstić information content (AvgIpc) is 3.24. The molecule has 3 aromatic carbocycles. The maximum absolute atomic E-state index is 10.8. The molecule has 0 amide bonds. The summed E-state index contributed by atoms with van der Waals surface area (Å²) in [6.45, 7) is 1.91. The molecule has 0 saturated carbocycles. The fourth-order valence-corrected chi connectivity index (χ4v) is 3.49.